The van der Waals surface area contributed by atoms with Gasteiger partial charge < -0.3 is 25.4 Å². The Labute approximate surface area is 116 Å². The molecule has 0 aromatic heterocycles. The van der Waals surface area contributed by atoms with Gasteiger partial charge in [-0.1, -0.05) is 0 Å². The summed E-state index contributed by atoms with van der Waals surface area (Å²) in [7, 11) is 0. The first-order valence-corrected chi connectivity index (χ1v) is 6.68. The van der Waals surface area contributed by atoms with Gasteiger partial charge in [0.2, 0.25) is 5.91 Å². The molecule has 0 radical (unpaired) electrons. The molecule has 1 saturated carbocycles. The number of hydrogen-bond donors (Lipinski definition) is 3. The molecular formula is C12H19N3O5. The lowest BCUT2D eigenvalue weighted by Gasteiger charge is -2.35. The molecule has 1 atom stereocenters. The summed E-state index contributed by atoms with van der Waals surface area (Å²) in [5.74, 6) is -1.32. The van der Waals surface area contributed by atoms with Crippen molar-refractivity contribution in [2.45, 2.75) is 31.3 Å². The molecule has 20 heavy (non-hydrogen) atoms. The number of amides is 3. The molecule has 1 aliphatic carbocycles. The predicted octanol–water partition coefficient (Wildman–Crippen LogP) is -0.850. The summed E-state index contributed by atoms with van der Waals surface area (Å²) in [5.41, 5.74) is -1.15. The van der Waals surface area contributed by atoms with Crippen LogP contribution >= 0.6 is 0 Å². The van der Waals surface area contributed by atoms with E-state index in [1.807, 2.05) is 0 Å². The molecule has 2 rings (SSSR count). The summed E-state index contributed by atoms with van der Waals surface area (Å²) < 4.78 is 5.22. The Hall–Kier alpha value is -1.83. The highest BCUT2D eigenvalue weighted by Gasteiger charge is 2.52. The van der Waals surface area contributed by atoms with E-state index < -0.39 is 23.6 Å². The van der Waals surface area contributed by atoms with Gasteiger partial charge in [0.05, 0.1) is 13.2 Å². The largest absolute Gasteiger partial charge is 0.480 e. The van der Waals surface area contributed by atoms with E-state index in [0.29, 0.717) is 26.0 Å². The van der Waals surface area contributed by atoms with E-state index >= 15 is 0 Å². The van der Waals surface area contributed by atoms with Gasteiger partial charge in [0.25, 0.3) is 0 Å². The van der Waals surface area contributed by atoms with Crippen LogP contribution in [0.3, 0.4) is 0 Å². The van der Waals surface area contributed by atoms with Crippen molar-refractivity contribution >= 4 is 17.9 Å². The molecule has 0 aromatic rings. The zero-order chi connectivity index (χ0) is 14.8. The molecule has 1 saturated heterocycles. The van der Waals surface area contributed by atoms with Crippen LogP contribution in [0, 0.1) is 0 Å². The van der Waals surface area contributed by atoms with Crippen molar-refractivity contribution < 1.29 is 24.2 Å². The number of rotatable bonds is 4. The molecule has 3 amide bonds. The molecule has 0 aromatic carbocycles. The fourth-order valence-electron chi connectivity index (χ4n) is 2.15. The first-order valence-electron chi connectivity index (χ1n) is 6.68. The number of morpholine rings is 1. The highest BCUT2D eigenvalue weighted by Crippen LogP contribution is 2.35. The highest BCUT2D eigenvalue weighted by atomic mass is 16.5. The monoisotopic (exact) mass is 285 g/mol. The Balaban J connectivity index is 2.02. The third-order valence-corrected chi connectivity index (χ3v) is 3.55. The third-order valence-electron chi connectivity index (χ3n) is 3.55. The number of aliphatic carboxylic acids is 1. The quantitative estimate of drug-likeness (QED) is 0.623. The number of urea groups is 1. The van der Waals surface area contributed by atoms with Crippen LogP contribution in [-0.2, 0) is 14.3 Å². The minimum absolute atomic E-state index is 0.124. The smallest absolute Gasteiger partial charge is 0.329 e. The summed E-state index contributed by atoms with van der Waals surface area (Å²) in [6, 6.07) is -1.24. The molecule has 112 valence electrons. The number of carboxylic acids is 1. The number of carbonyl (C=O) groups is 3. The van der Waals surface area contributed by atoms with E-state index in [2.05, 4.69) is 10.6 Å². The summed E-state index contributed by atoms with van der Waals surface area (Å²) in [5, 5.41) is 14.2. The second kappa shape index (κ2) is 5.66. The number of likely N-dealkylation sites (N-methyl/N-ethyl adjacent to an activating group) is 1. The highest BCUT2D eigenvalue weighted by molar-refractivity contribution is 5.91. The standard InChI is InChI=1S/C12H19N3O5/c1-2-13-9(16)8-7-20-6-5-15(8)11(19)14-12(3-4-12)10(17)18/h8H,2-7H2,1H3,(H,13,16)(H,14,19)(H,17,18). The third kappa shape index (κ3) is 2.84. The van der Waals surface area contributed by atoms with Gasteiger partial charge in [-0.2, -0.15) is 0 Å². The van der Waals surface area contributed by atoms with E-state index in [-0.39, 0.29) is 19.1 Å². The summed E-state index contributed by atoms with van der Waals surface area (Å²) in [6.45, 7) is 2.98. The van der Waals surface area contributed by atoms with Gasteiger partial charge in [-0.3, -0.25) is 4.79 Å². The van der Waals surface area contributed by atoms with Crippen molar-refractivity contribution in [3.05, 3.63) is 0 Å². The lowest BCUT2D eigenvalue weighted by Crippen LogP contribution is -2.60. The molecule has 1 heterocycles. The minimum Gasteiger partial charge on any atom is -0.480 e. The van der Waals surface area contributed by atoms with Gasteiger partial charge in [0, 0.05) is 13.1 Å². The Kier molecular flexibility index (Phi) is 4.12. The molecule has 1 aliphatic heterocycles. The van der Waals surface area contributed by atoms with Crippen LogP contribution in [0.15, 0.2) is 0 Å². The van der Waals surface area contributed by atoms with Crippen LogP contribution in [0.4, 0.5) is 4.79 Å². The van der Waals surface area contributed by atoms with Crippen LogP contribution in [0.1, 0.15) is 19.8 Å². The Morgan fingerprint density at radius 1 is 1.40 bits per heavy atom. The zero-order valence-corrected chi connectivity index (χ0v) is 11.3. The number of nitrogens with zero attached hydrogens (tertiary/aromatic N) is 1. The molecule has 2 fully saturated rings. The number of carbonyl (C=O) groups excluding carboxylic acids is 2. The first-order chi connectivity index (χ1) is 9.50. The second-order valence-electron chi connectivity index (χ2n) is 5.00. The molecule has 2 aliphatic rings. The van der Waals surface area contributed by atoms with Crippen molar-refractivity contribution in [1.82, 2.24) is 15.5 Å². The van der Waals surface area contributed by atoms with E-state index in [1.165, 1.54) is 4.90 Å². The fraction of sp³-hybridized carbons (Fsp3) is 0.750. The second-order valence-corrected chi connectivity index (χ2v) is 5.00. The van der Waals surface area contributed by atoms with E-state index in [1.54, 1.807) is 6.92 Å². The van der Waals surface area contributed by atoms with Crippen molar-refractivity contribution in [1.29, 1.82) is 0 Å². The van der Waals surface area contributed by atoms with Crippen LogP contribution in [0.5, 0.6) is 0 Å². The van der Waals surface area contributed by atoms with Crippen LogP contribution < -0.4 is 10.6 Å². The van der Waals surface area contributed by atoms with E-state index in [9.17, 15) is 14.4 Å². The van der Waals surface area contributed by atoms with Gasteiger partial charge in [-0.15, -0.1) is 0 Å². The fourth-order valence-corrected chi connectivity index (χ4v) is 2.15. The molecule has 8 nitrogen and oxygen atoms in total. The normalized spacial score (nSPS) is 23.9. The minimum atomic E-state index is -1.15. The molecule has 8 heteroatoms. The van der Waals surface area contributed by atoms with Crippen molar-refractivity contribution in [3.63, 3.8) is 0 Å². The lowest BCUT2D eigenvalue weighted by atomic mass is 10.2. The Morgan fingerprint density at radius 3 is 2.65 bits per heavy atom. The lowest BCUT2D eigenvalue weighted by molar-refractivity contribution is -0.140. The SMILES string of the molecule is CCNC(=O)C1COCCN1C(=O)NC1(C(=O)O)CC1. The maximum Gasteiger partial charge on any atom is 0.329 e. The summed E-state index contributed by atoms with van der Waals surface area (Å²) in [6.07, 6.45) is 0.842. The number of ether oxygens (including phenoxy) is 1. The topological polar surface area (TPSA) is 108 Å². The van der Waals surface area contributed by atoms with Crippen molar-refractivity contribution in [2.24, 2.45) is 0 Å². The Morgan fingerprint density at radius 2 is 2.10 bits per heavy atom. The first kappa shape index (κ1) is 14.6. The molecule has 0 bridgehead atoms. The molecular weight excluding hydrogens is 266 g/mol. The van der Waals surface area contributed by atoms with Gasteiger partial charge in [0.15, 0.2) is 0 Å². The number of carboxylic acid groups (broad SMARTS) is 1. The van der Waals surface area contributed by atoms with Gasteiger partial charge in [-0.05, 0) is 19.8 Å². The number of hydrogen-bond acceptors (Lipinski definition) is 4. The maximum absolute atomic E-state index is 12.2. The zero-order valence-electron chi connectivity index (χ0n) is 11.3. The van der Waals surface area contributed by atoms with Crippen LogP contribution in [0.2, 0.25) is 0 Å². The van der Waals surface area contributed by atoms with Crippen LogP contribution in [-0.4, -0.2) is 65.8 Å². The van der Waals surface area contributed by atoms with Crippen molar-refractivity contribution in [2.75, 3.05) is 26.3 Å². The van der Waals surface area contributed by atoms with E-state index in [0.717, 1.165) is 0 Å². The maximum atomic E-state index is 12.2. The van der Waals surface area contributed by atoms with E-state index in [4.69, 9.17) is 9.84 Å². The summed E-state index contributed by atoms with van der Waals surface area (Å²) in [4.78, 5) is 36.5. The molecule has 3 N–H and O–H groups in total. The average Bonchev–Trinajstić information content (AvgIpc) is 3.20. The molecule has 0 spiro atoms. The van der Waals surface area contributed by atoms with Gasteiger partial charge in [-0.25, -0.2) is 9.59 Å². The molecule has 1 unspecified atom stereocenters. The Bertz CT molecular complexity index is 421. The predicted molar refractivity (Wildman–Crippen MR) is 68.1 cm³/mol. The summed E-state index contributed by atoms with van der Waals surface area (Å²) >= 11 is 0. The number of nitrogens with one attached hydrogen (secondary N) is 2. The van der Waals surface area contributed by atoms with Gasteiger partial charge in [0.1, 0.15) is 11.6 Å². The average molecular weight is 285 g/mol. The van der Waals surface area contributed by atoms with Gasteiger partial charge >= 0.3 is 12.0 Å². The van der Waals surface area contributed by atoms with Crippen molar-refractivity contribution in [3.8, 4) is 0 Å². The van der Waals surface area contributed by atoms with Crippen LogP contribution in [0.25, 0.3) is 0 Å².